The molecule has 0 radical (unpaired) electrons. The summed E-state index contributed by atoms with van der Waals surface area (Å²) in [5, 5.41) is 20.4. The maximum Gasteiger partial charge on any atom is 2.00 e. The molecule has 0 bridgehead atoms. The van der Waals surface area contributed by atoms with Gasteiger partial charge in [0.25, 0.3) is 0 Å². The van der Waals surface area contributed by atoms with Crippen molar-refractivity contribution < 1.29 is 58.8 Å². The van der Waals surface area contributed by atoms with Crippen LogP contribution in [0.15, 0.2) is 0 Å². The minimum Gasteiger partial charge on any atom is -0.550 e. The monoisotopic (exact) mass is 694 g/mol. The molecule has 0 atom stereocenters. The third-order valence-electron chi connectivity index (χ3n) is 7.97. The van der Waals surface area contributed by atoms with Crippen LogP contribution in [0.2, 0.25) is 0 Å². The summed E-state index contributed by atoms with van der Waals surface area (Å²) in [6.07, 6.45) is 39.7. The van der Waals surface area contributed by atoms with Gasteiger partial charge in [0, 0.05) is 31.4 Å². The van der Waals surface area contributed by atoms with Gasteiger partial charge in [-0.3, -0.25) is 0 Å². The van der Waals surface area contributed by atoms with Crippen molar-refractivity contribution in [1.82, 2.24) is 0 Å². The van der Waals surface area contributed by atoms with Crippen LogP contribution in [0, 0.1) is 0 Å². The summed E-state index contributed by atoms with van der Waals surface area (Å²) in [7, 11) is 0. The Bertz CT molecular complexity index is 459. The zero-order chi connectivity index (χ0) is 29.8. The average Bonchev–Trinajstić information content (AvgIpc) is 2.93. The second-order valence-electron chi connectivity index (χ2n) is 12.1. The fraction of sp³-hybridized carbons (Fsp3) is 0.944. The first-order chi connectivity index (χ1) is 19.5. The number of unbranched alkanes of at least 4 members (excludes halogenated alkanes) is 28. The van der Waals surface area contributed by atoms with E-state index in [0.717, 1.165) is 25.7 Å². The van der Waals surface area contributed by atoms with Crippen LogP contribution in [-0.2, 0) is 48.5 Å². The molecule has 0 aromatic carbocycles. The fourth-order valence-corrected chi connectivity index (χ4v) is 5.28. The molecule has 0 saturated heterocycles. The van der Waals surface area contributed by atoms with Gasteiger partial charge in [0.05, 0.1) is 0 Å². The molecule has 0 unspecified atom stereocenters. The van der Waals surface area contributed by atoms with Gasteiger partial charge in [-0.25, -0.2) is 0 Å². The quantitative estimate of drug-likeness (QED) is 0.0518. The molecule has 0 saturated carbocycles. The van der Waals surface area contributed by atoms with Gasteiger partial charge in [0.1, 0.15) is 0 Å². The van der Waals surface area contributed by atoms with E-state index in [0.29, 0.717) is 0 Å². The summed E-state index contributed by atoms with van der Waals surface area (Å²) in [5.74, 6) is -1.81. The van der Waals surface area contributed by atoms with Crippen molar-refractivity contribution in [1.29, 1.82) is 0 Å². The Balaban J connectivity index is -0.000000328. The Hall–Kier alpha value is 0.187. The number of carboxylic acids is 2. The Morgan fingerprint density at radius 1 is 0.333 bits per heavy atom. The molecule has 0 rings (SSSR count). The van der Waals surface area contributed by atoms with Gasteiger partial charge in [0.15, 0.2) is 0 Å². The molecule has 0 aliphatic heterocycles. The minimum absolute atomic E-state index is 0. The van der Waals surface area contributed by atoms with Crippen molar-refractivity contribution >= 4 is 11.9 Å². The maximum atomic E-state index is 10.2. The number of carbonyl (C=O) groups is 2. The topological polar surface area (TPSA) is 80.3 Å². The summed E-state index contributed by atoms with van der Waals surface area (Å²) in [5.41, 5.74) is 0. The molecule has 0 spiro atoms. The summed E-state index contributed by atoms with van der Waals surface area (Å²) in [6, 6.07) is 0. The standard InChI is InChI=1S/2C18H36O2.2Zn/c2*1-2-3-4-5-6-7-8-9-10-11-12-13-14-15-16-17-18(19)20;;/h2*2-17H2,1H3,(H,19,20);;/q;;;+2/p-2. The van der Waals surface area contributed by atoms with Crippen molar-refractivity contribution in [3.8, 4) is 0 Å². The van der Waals surface area contributed by atoms with E-state index in [4.69, 9.17) is 0 Å². The summed E-state index contributed by atoms with van der Waals surface area (Å²) in [6.45, 7) is 4.53. The van der Waals surface area contributed by atoms with Crippen LogP contribution >= 0.6 is 0 Å². The van der Waals surface area contributed by atoms with Crippen molar-refractivity contribution in [2.75, 3.05) is 0 Å². The number of carbonyl (C=O) groups excluding carboxylic acids is 2. The van der Waals surface area contributed by atoms with E-state index in [1.165, 1.54) is 167 Å². The molecular formula is C36H70O4Zn2. The predicted octanol–water partition coefficient (Wildman–Crippen LogP) is 9.99. The van der Waals surface area contributed by atoms with Crippen molar-refractivity contribution in [3.05, 3.63) is 0 Å². The Morgan fingerprint density at radius 3 is 0.619 bits per heavy atom. The maximum absolute atomic E-state index is 10.2. The SMILES string of the molecule is CCCCCCCCCCCCCCCCCC(=O)[O-].CCCCCCCCCCCCCCCCCC(=O)[O-].[Zn+2].[Zn]. The van der Waals surface area contributed by atoms with E-state index in [-0.39, 0.29) is 51.8 Å². The van der Waals surface area contributed by atoms with Crippen LogP contribution in [0.4, 0.5) is 0 Å². The van der Waals surface area contributed by atoms with E-state index in [2.05, 4.69) is 13.8 Å². The van der Waals surface area contributed by atoms with Gasteiger partial charge in [-0.15, -0.1) is 0 Å². The van der Waals surface area contributed by atoms with E-state index in [1.807, 2.05) is 0 Å². The molecule has 4 nitrogen and oxygen atoms in total. The average molecular weight is 698 g/mol. The van der Waals surface area contributed by atoms with Crippen molar-refractivity contribution in [3.63, 3.8) is 0 Å². The van der Waals surface area contributed by atoms with Crippen molar-refractivity contribution in [2.45, 2.75) is 219 Å². The number of hydrogen-bond acceptors (Lipinski definition) is 4. The van der Waals surface area contributed by atoms with E-state index < -0.39 is 11.9 Å². The molecule has 0 fully saturated rings. The molecule has 0 amide bonds. The third kappa shape index (κ3) is 52.8. The molecule has 0 aromatic heterocycles. The van der Waals surface area contributed by atoms with Crippen LogP contribution in [0.25, 0.3) is 0 Å². The second-order valence-corrected chi connectivity index (χ2v) is 12.1. The normalized spacial score (nSPS) is 10.3. The Kier molecular flexibility index (Phi) is 53.3. The van der Waals surface area contributed by atoms with Gasteiger partial charge in [0.2, 0.25) is 0 Å². The molecule has 242 valence electrons. The molecule has 6 heteroatoms. The minimum atomic E-state index is -0.903. The van der Waals surface area contributed by atoms with Gasteiger partial charge < -0.3 is 19.8 Å². The summed E-state index contributed by atoms with van der Waals surface area (Å²) < 4.78 is 0. The molecule has 0 N–H and O–H groups in total. The summed E-state index contributed by atoms with van der Waals surface area (Å²) in [4.78, 5) is 20.4. The predicted molar refractivity (Wildman–Crippen MR) is 169 cm³/mol. The number of hydrogen-bond donors (Lipinski definition) is 0. The molecule has 0 heterocycles. The van der Waals surface area contributed by atoms with Crippen molar-refractivity contribution in [2.24, 2.45) is 0 Å². The van der Waals surface area contributed by atoms with E-state index in [9.17, 15) is 19.8 Å². The van der Waals surface area contributed by atoms with Crippen LogP contribution in [0.3, 0.4) is 0 Å². The van der Waals surface area contributed by atoms with Gasteiger partial charge in [-0.1, -0.05) is 194 Å². The smallest absolute Gasteiger partial charge is 0.550 e. The van der Waals surface area contributed by atoms with Gasteiger partial charge in [-0.2, -0.15) is 0 Å². The van der Waals surface area contributed by atoms with Crippen LogP contribution in [0.1, 0.15) is 219 Å². The molecule has 0 aliphatic carbocycles. The molecule has 42 heavy (non-hydrogen) atoms. The van der Waals surface area contributed by atoms with E-state index in [1.54, 1.807) is 0 Å². The van der Waals surface area contributed by atoms with Crippen LogP contribution < -0.4 is 10.2 Å². The summed E-state index contributed by atoms with van der Waals surface area (Å²) >= 11 is 0. The zero-order valence-corrected chi connectivity index (χ0v) is 34.6. The first kappa shape index (κ1) is 49.1. The second kappa shape index (κ2) is 45.6. The van der Waals surface area contributed by atoms with Gasteiger partial charge >= 0.3 is 19.5 Å². The van der Waals surface area contributed by atoms with E-state index >= 15 is 0 Å². The van der Waals surface area contributed by atoms with Crippen LogP contribution in [0.5, 0.6) is 0 Å². The number of rotatable bonds is 32. The number of aliphatic carboxylic acids is 2. The zero-order valence-electron chi connectivity index (χ0n) is 28.7. The first-order valence-corrected chi connectivity index (χ1v) is 17.9. The molecule has 0 aliphatic rings. The van der Waals surface area contributed by atoms with Gasteiger partial charge in [-0.05, 0) is 25.7 Å². The molecule has 0 aromatic rings. The largest absolute Gasteiger partial charge is 2.00 e. The Morgan fingerprint density at radius 2 is 0.476 bits per heavy atom. The number of carboxylic acid groups (broad SMARTS) is 2. The van der Waals surface area contributed by atoms with Crippen LogP contribution in [-0.4, -0.2) is 11.9 Å². The fourth-order valence-electron chi connectivity index (χ4n) is 5.28. The first-order valence-electron chi connectivity index (χ1n) is 17.9. The third-order valence-corrected chi connectivity index (χ3v) is 7.97. The molecular weight excluding hydrogens is 627 g/mol. The Labute approximate surface area is 288 Å².